The van der Waals surface area contributed by atoms with Gasteiger partial charge in [0.25, 0.3) is 0 Å². The van der Waals surface area contributed by atoms with Gasteiger partial charge in [-0.05, 0) is 0 Å². The van der Waals surface area contributed by atoms with E-state index in [0.717, 1.165) is 0 Å². The summed E-state index contributed by atoms with van der Waals surface area (Å²) in [7, 11) is 0. The molecule has 1 rings (SSSR count). The molecular formula is C3H3N3O2. The van der Waals surface area contributed by atoms with Gasteiger partial charge in [0.1, 0.15) is 12.7 Å². The van der Waals surface area contributed by atoms with E-state index in [9.17, 15) is 0 Å². The molecule has 8 heavy (non-hydrogen) atoms. The van der Waals surface area contributed by atoms with Crippen molar-refractivity contribution in [2.75, 3.05) is 0 Å². The average molecular weight is 113 g/mol. The van der Waals surface area contributed by atoms with Gasteiger partial charge in [0.15, 0.2) is 0 Å². The van der Waals surface area contributed by atoms with Crippen molar-refractivity contribution in [3.05, 3.63) is 12.7 Å². The molecule has 0 aliphatic rings. The third-order valence-corrected chi connectivity index (χ3v) is 0.551. The van der Waals surface area contributed by atoms with Crippen molar-refractivity contribution in [3.8, 4) is 6.01 Å². The SMILES string of the molecule is OOc1ncncn1. The second-order valence-corrected chi connectivity index (χ2v) is 1.01. The Bertz CT molecular complexity index is 154. The highest BCUT2D eigenvalue weighted by Crippen LogP contribution is 1.90. The van der Waals surface area contributed by atoms with Crippen LogP contribution in [0, 0.1) is 0 Å². The van der Waals surface area contributed by atoms with Gasteiger partial charge in [-0.1, -0.05) is 0 Å². The van der Waals surface area contributed by atoms with E-state index >= 15 is 0 Å². The van der Waals surface area contributed by atoms with Gasteiger partial charge in [0.2, 0.25) is 0 Å². The normalized spacial score (nSPS) is 8.62. The lowest BCUT2D eigenvalue weighted by Gasteiger charge is -1.87. The predicted octanol–water partition coefficient (Wildman–Crippen LogP) is -0.277. The lowest BCUT2D eigenvalue weighted by molar-refractivity contribution is -0.146. The van der Waals surface area contributed by atoms with Crippen LogP contribution in [0.2, 0.25) is 0 Å². The average Bonchev–Trinajstić information content (AvgIpc) is 1.90. The zero-order chi connectivity index (χ0) is 5.82. The van der Waals surface area contributed by atoms with Crippen molar-refractivity contribution < 1.29 is 10.1 Å². The molecule has 1 heterocycles. The molecule has 0 saturated heterocycles. The highest BCUT2D eigenvalue weighted by molar-refractivity contribution is 4.83. The van der Waals surface area contributed by atoms with Crippen LogP contribution < -0.4 is 4.89 Å². The first-order valence-corrected chi connectivity index (χ1v) is 1.87. The molecule has 42 valence electrons. The van der Waals surface area contributed by atoms with Gasteiger partial charge in [-0.3, -0.25) is 4.89 Å². The number of rotatable bonds is 1. The van der Waals surface area contributed by atoms with E-state index in [4.69, 9.17) is 5.26 Å². The molecule has 0 bridgehead atoms. The molecule has 0 saturated carbocycles. The molecule has 0 atom stereocenters. The summed E-state index contributed by atoms with van der Waals surface area (Å²) in [6, 6.07) is -0.0972. The van der Waals surface area contributed by atoms with Crippen LogP contribution in [-0.2, 0) is 0 Å². The standard InChI is InChI=1S/C3H3N3O2/c7-8-3-5-1-4-2-6-3/h1-2,7H. The number of hydrogen-bond donors (Lipinski definition) is 1. The highest BCUT2D eigenvalue weighted by Gasteiger charge is 1.87. The van der Waals surface area contributed by atoms with Crippen molar-refractivity contribution in [2.45, 2.75) is 0 Å². The maximum atomic E-state index is 7.88. The summed E-state index contributed by atoms with van der Waals surface area (Å²) >= 11 is 0. The fourth-order valence-electron chi connectivity index (χ4n) is 0.276. The maximum Gasteiger partial charge on any atom is 0.355 e. The predicted molar refractivity (Wildman–Crippen MR) is 23.1 cm³/mol. The largest absolute Gasteiger partial charge is 0.355 e. The molecule has 1 N–H and O–H groups in total. The highest BCUT2D eigenvalue weighted by atomic mass is 17.1. The molecule has 5 heteroatoms. The second-order valence-electron chi connectivity index (χ2n) is 1.01. The Morgan fingerprint density at radius 1 is 1.38 bits per heavy atom. The topological polar surface area (TPSA) is 68.1 Å². The lowest BCUT2D eigenvalue weighted by Crippen LogP contribution is -1.90. The minimum Gasteiger partial charge on any atom is -0.297 e. The first-order chi connectivity index (χ1) is 3.93. The summed E-state index contributed by atoms with van der Waals surface area (Å²) < 4.78 is 0. The molecular weight excluding hydrogens is 110 g/mol. The Labute approximate surface area is 44.9 Å². The molecule has 0 radical (unpaired) electrons. The third kappa shape index (κ3) is 0.881. The minimum absolute atomic E-state index is 0.0972. The fraction of sp³-hybridized carbons (Fsp3) is 0. The van der Waals surface area contributed by atoms with Crippen LogP contribution in [0.25, 0.3) is 0 Å². The molecule has 0 aliphatic heterocycles. The number of nitrogens with zero attached hydrogens (tertiary/aromatic N) is 3. The van der Waals surface area contributed by atoms with Crippen LogP contribution in [0.15, 0.2) is 12.7 Å². The monoisotopic (exact) mass is 113 g/mol. The zero-order valence-corrected chi connectivity index (χ0v) is 3.85. The van der Waals surface area contributed by atoms with Gasteiger partial charge in [0.05, 0.1) is 0 Å². The Morgan fingerprint density at radius 2 is 2.00 bits per heavy atom. The van der Waals surface area contributed by atoms with Gasteiger partial charge in [0, 0.05) is 0 Å². The van der Waals surface area contributed by atoms with Crippen molar-refractivity contribution in [1.82, 2.24) is 15.0 Å². The molecule has 1 aromatic heterocycles. The third-order valence-electron chi connectivity index (χ3n) is 0.551. The molecule has 0 fully saturated rings. The van der Waals surface area contributed by atoms with Gasteiger partial charge in [-0.25, -0.2) is 4.98 Å². The van der Waals surface area contributed by atoms with Gasteiger partial charge < -0.3 is 0 Å². The van der Waals surface area contributed by atoms with Crippen molar-refractivity contribution in [3.63, 3.8) is 0 Å². The summed E-state index contributed by atoms with van der Waals surface area (Å²) in [5.41, 5.74) is 0. The van der Waals surface area contributed by atoms with Crippen LogP contribution in [0.4, 0.5) is 0 Å². The van der Waals surface area contributed by atoms with E-state index in [1.165, 1.54) is 12.7 Å². The van der Waals surface area contributed by atoms with Crippen LogP contribution >= 0.6 is 0 Å². The van der Waals surface area contributed by atoms with Gasteiger partial charge in [-0.15, -0.1) is 0 Å². The zero-order valence-electron chi connectivity index (χ0n) is 3.85. The summed E-state index contributed by atoms with van der Waals surface area (Å²) in [6.45, 7) is 0. The summed E-state index contributed by atoms with van der Waals surface area (Å²) in [6.07, 6.45) is 2.44. The molecule has 0 unspecified atom stereocenters. The molecule has 1 aromatic rings. The summed E-state index contributed by atoms with van der Waals surface area (Å²) in [4.78, 5) is 13.9. The smallest absolute Gasteiger partial charge is 0.297 e. The maximum absolute atomic E-state index is 7.88. The number of hydrogen-bond acceptors (Lipinski definition) is 5. The Morgan fingerprint density at radius 3 is 2.38 bits per heavy atom. The van der Waals surface area contributed by atoms with Gasteiger partial charge in [-0.2, -0.15) is 15.2 Å². The minimum atomic E-state index is -0.0972. The van der Waals surface area contributed by atoms with Gasteiger partial charge >= 0.3 is 6.01 Å². The fourth-order valence-corrected chi connectivity index (χ4v) is 0.276. The van der Waals surface area contributed by atoms with Crippen LogP contribution in [0.5, 0.6) is 6.01 Å². The second kappa shape index (κ2) is 2.17. The van der Waals surface area contributed by atoms with E-state index < -0.39 is 0 Å². The van der Waals surface area contributed by atoms with Crippen LogP contribution in [0.3, 0.4) is 0 Å². The quantitative estimate of drug-likeness (QED) is 0.400. The molecule has 0 aliphatic carbocycles. The Hall–Kier alpha value is -1.23. The van der Waals surface area contributed by atoms with E-state index in [1.807, 2.05) is 0 Å². The molecule has 0 amide bonds. The summed E-state index contributed by atoms with van der Waals surface area (Å²) in [5, 5.41) is 7.88. The Balaban J connectivity index is 2.83. The van der Waals surface area contributed by atoms with Crippen molar-refractivity contribution in [1.29, 1.82) is 0 Å². The molecule has 5 nitrogen and oxygen atoms in total. The molecule has 0 aromatic carbocycles. The number of aromatic nitrogens is 3. The van der Waals surface area contributed by atoms with E-state index in [0.29, 0.717) is 0 Å². The van der Waals surface area contributed by atoms with E-state index in [1.54, 1.807) is 0 Å². The summed E-state index contributed by atoms with van der Waals surface area (Å²) in [5.74, 6) is 0. The van der Waals surface area contributed by atoms with Crippen LogP contribution in [0.1, 0.15) is 0 Å². The van der Waals surface area contributed by atoms with E-state index in [-0.39, 0.29) is 6.01 Å². The van der Waals surface area contributed by atoms with Crippen molar-refractivity contribution in [2.24, 2.45) is 0 Å². The first-order valence-electron chi connectivity index (χ1n) is 1.87. The van der Waals surface area contributed by atoms with Crippen molar-refractivity contribution >= 4 is 0 Å². The van der Waals surface area contributed by atoms with Crippen LogP contribution in [-0.4, -0.2) is 20.2 Å². The molecule has 0 spiro atoms. The van der Waals surface area contributed by atoms with E-state index in [2.05, 4.69) is 19.8 Å². The Kier molecular flexibility index (Phi) is 1.34. The first kappa shape index (κ1) is 4.92. The lowest BCUT2D eigenvalue weighted by atomic mass is 11.0.